The summed E-state index contributed by atoms with van der Waals surface area (Å²) in [5.41, 5.74) is 5.02. The first-order valence-electron chi connectivity index (χ1n) is 24.8. The number of rotatable bonds is 27. The number of piperidine rings is 1. The number of hydrogen-bond acceptors (Lipinski definition) is 17. The highest BCUT2D eigenvalue weighted by atomic mass is 16.5. The van der Waals surface area contributed by atoms with Gasteiger partial charge in [-0.1, -0.05) is 17.3 Å². The van der Waals surface area contributed by atoms with Crippen molar-refractivity contribution in [2.75, 3.05) is 84.1 Å². The van der Waals surface area contributed by atoms with E-state index in [4.69, 9.17) is 38.5 Å². The summed E-state index contributed by atoms with van der Waals surface area (Å²) in [6, 6.07) is 9.70. The molecule has 1 saturated carbocycles. The standard InChI is InChI=1S/C51H62N12O11/c1-6-63-40(26-36(60-63)31-12-13-31)56-47-45-33-25-39(70-5)34(43-29(2)61-74-30(43)3)24-37(33)55-46(45)58-48(59-47)50(68)53-17-9-19-72-21-23-73-22-20-71-18-8-16-52-42(66)27-54-35-11-7-10-32(28-64)44(35)51(69)62(4)38-14-15-41(65)57-49(38)67/h7,10-11,24-26,28,31,38,54H,6,8-9,12-23,27H2,1-5H3,(H,52,66)(H,53,68)(H,57,65,67)(H2,55,56,58,59). The lowest BCUT2D eigenvalue weighted by molar-refractivity contribution is -0.136. The van der Waals surface area contributed by atoms with Crippen LogP contribution >= 0.6 is 0 Å². The number of aryl methyl sites for hydroxylation is 3. The van der Waals surface area contributed by atoms with E-state index in [0.29, 0.717) is 113 Å². The number of ether oxygens (including phenoxy) is 4. The van der Waals surface area contributed by atoms with Crippen molar-refractivity contribution in [3.8, 4) is 16.9 Å². The molecule has 2 aliphatic rings. The molecule has 1 saturated heterocycles. The minimum Gasteiger partial charge on any atom is -0.496 e. The number of imide groups is 1. The normalized spacial score (nSPS) is 14.5. The molecule has 1 aliphatic carbocycles. The van der Waals surface area contributed by atoms with Gasteiger partial charge in [0, 0.05) is 86.0 Å². The quantitative estimate of drug-likeness (QED) is 0.0231. The Balaban J connectivity index is 0.737. The summed E-state index contributed by atoms with van der Waals surface area (Å²) in [7, 11) is 3.05. The molecule has 23 heteroatoms. The van der Waals surface area contributed by atoms with Gasteiger partial charge in [0.15, 0.2) is 6.29 Å². The van der Waals surface area contributed by atoms with Crippen LogP contribution < -0.4 is 31.3 Å². The molecule has 2 aromatic carbocycles. The number of carbonyl (C=O) groups is 6. The van der Waals surface area contributed by atoms with E-state index in [2.05, 4.69) is 36.7 Å². The average Bonchev–Trinajstić information content (AvgIpc) is 3.95. The topological polar surface area (TPSA) is 288 Å². The van der Waals surface area contributed by atoms with Crippen LogP contribution in [-0.4, -0.2) is 150 Å². The van der Waals surface area contributed by atoms with Gasteiger partial charge in [0.1, 0.15) is 34.8 Å². The molecule has 5 amide bonds. The molecule has 8 rings (SSSR count). The highest BCUT2D eigenvalue weighted by Gasteiger charge is 2.34. The molecule has 6 N–H and O–H groups in total. The van der Waals surface area contributed by atoms with E-state index in [1.165, 1.54) is 18.0 Å². The molecule has 392 valence electrons. The zero-order chi connectivity index (χ0) is 52.3. The molecule has 23 nitrogen and oxygen atoms in total. The van der Waals surface area contributed by atoms with Crippen molar-refractivity contribution in [1.29, 1.82) is 0 Å². The van der Waals surface area contributed by atoms with Crippen LogP contribution in [-0.2, 0) is 35.1 Å². The summed E-state index contributed by atoms with van der Waals surface area (Å²) in [6.45, 7) is 9.10. The van der Waals surface area contributed by atoms with Crippen molar-refractivity contribution in [2.45, 2.75) is 77.8 Å². The molecule has 2 fully saturated rings. The molecule has 6 aromatic rings. The SMILES string of the molecule is CCn1nc(C2CC2)cc1Nc1nc(C(=O)NCCCOCCOCCOCCCNC(=O)CNc2cccc(C=O)c2C(=O)N(C)C2CCC(=O)NC2=O)nc2[nH]c3cc(-c4c(C)noc4C)c(OC)cc3c12. The Kier molecular flexibility index (Phi) is 17.3. The van der Waals surface area contributed by atoms with Crippen LogP contribution in [0.5, 0.6) is 5.75 Å². The van der Waals surface area contributed by atoms with E-state index in [1.807, 2.05) is 43.7 Å². The highest BCUT2D eigenvalue weighted by Crippen LogP contribution is 2.43. The van der Waals surface area contributed by atoms with Gasteiger partial charge in [-0.05, 0) is 71.1 Å². The first-order chi connectivity index (χ1) is 35.9. The van der Waals surface area contributed by atoms with E-state index in [-0.39, 0.29) is 47.9 Å². The number of nitrogens with zero attached hydrogens (tertiary/aromatic N) is 6. The fourth-order valence-corrected chi connectivity index (χ4v) is 8.79. The number of nitrogens with one attached hydrogen (secondary N) is 6. The first-order valence-corrected chi connectivity index (χ1v) is 24.8. The number of methoxy groups -OCH3 is 1. The second-order valence-corrected chi connectivity index (χ2v) is 18.0. The minimum absolute atomic E-state index is 0.00707. The maximum atomic E-state index is 13.6. The molecule has 0 spiro atoms. The summed E-state index contributed by atoms with van der Waals surface area (Å²) in [4.78, 5) is 89.6. The van der Waals surface area contributed by atoms with Gasteiger partial charge in [0.25, 0.3) is 11.8 Å². The zero-order valence-electron chi connectivity index (χ0n) is 42.2. The van der Waals surface area contributed by atoms with Crippen molar-refractivity contribution in [3.63, 3.8) is 0 Å². The maximum Gasteiger partial charge on any atom is 0.289 e. The number of fused-ring (bicyclic) bond motifs is 3. The summed E-state index contributed by atoms with van der Waals surface area (Å²) in [5, 5.41) is 24.8. The lowest BCUT2D eigenvalue weighted by Crippen LogP contribution is -2.53. The fraction of sp³-hybridized carbons (Fsp3) is 0.451. The van der Waals surface area contributed by atoms with Crippen molar-refractivity contribution in [1.82, 2.24) is 50.7 Å². The molecule has 74 heavy (non-hydrogen) atoms. The zero-order valence-corrected chi connectivity index (χ0v) is 42.2. The van der Waals surface area contributed by atoms with Crippen molar-refractivity contribution in [2.24, 2.45) is 0 Å². The molecule has 0 bridgehead atoms. The first kappa shape index (κ1) is 52.6. The summed E-state index contributed by atoms with van der Waals surface area (Å²) < 4.78 is 30.2. The Labute approximate surface area is 426 Å². The summed E-state index contributed by atoms with van der Waals surface area (Å²) in [6.07, 6.45) is 4.09. The molecule has 0 radical (unpaired) electrons. The number of hydrogen-bond donors (Lipinski definition) is 6. The number of H-pyrrole nitrogens is 1. The monoisotopic (exact) mass is 1020 g/mol. The molecule has 4 aromatic heterocycles. The van der Waals surface area contributed by atoms with Gasteiger partial charge in [0.2, 0.25) is 23.5 Å². The van der Waals surface area contributed by atoms with Gasteiger partial charge >= 0.3 is 0 Å². The Morgan fingerprint density at radius 3 is 2.34 bits per heavy atom. The second kappa shape index (κ2) is 24.3. The van der Waals surface area contributed by atoms with E-state index in [1.54, 1.807) is 19.2 Å². The van der Waals surface area contributed by atoms with Crippen LogP contribution in [0.2, 0.25) is 0 Å². The number of amides is 5. The molecule has 1 atom stereocenters. The van der Waals surface area contributed by atoms with Crippen LogP contribution in [0.1, 0.15) is 99.8 Å². The fourth-order valence-electron chi connectivity index (χ4n) is 8.79. The smallest absolute Gasteiger partial charge is 0.289 e. The Morgan fingerprint density at radius 2 is 1.68 bits per heavy atom. The maximum absolute atomic E-state index is 13.6. The third-order valence-corrected chi connectivity index (χ3v) is 12.8. The van der Waals surface area contributed by atoms with Crippen LogP contribution in [0.3, 0.4) is 0 Å². The van der Waals surface area contributed by atoms with E-state index >= 15 is 0 Å². The van der Waals surface area contributed by atoms with Gasteiger partial charge in [-0.2, -0.15) is 5.10 Å². The van der Waals surface area contributed by atoms with Gasteiger partial charge in [-0.15, -0.1) is 0 Å². The summed E-state index contributed by atoms with van der Waals surface area (Å²) >= 11 is 0. The van der Waals surface area contributed by atoms with E-state index in [9.17, 15) is 28.8 Å². The van der Waals surface area contributed by atoms with E-state index < -0.39 is 29.7 Å². The molecular formula is C51H62N12O11. The number of likely N-dealkylation sites (N-methyl/N-ethyl adjacent to an activating group) is 1. The molecule has 1 unspecified atom stereocenters. The van der Waals surface area contributed by atoms with Gasteiger partial charge < -0.3 is 54.6 Å². The number of aromatic nitrogens is 6. The molecule has 5 heterocycles. The predicted octanol–water partition coefficient (Wildman–Crippen LogP) is 4.71. The minimum atomic E-state index is -0.880. The number of aldehydes is 1. The Hall–Kier alpha value is -7.76. The third-order valence-electron chi connectivity index (χ3n) is 12.8. The molecular weight excluding hydrogens is 957 g/mol. The second-order valence-electron chi connectivity index (χ2n) is 18.0. The van der Waals surface area contributed by atoms with Crippen molar-refractivity contribution >= 4 is 75.1 Å². The number of anilines is 3. The number of carbonyl (C=O) groups excluding carboxylic acids is 6. The number of benzene rings is 2. The van der Waals surface area contributed by atoms with Crippen LogP contribution in [0.4, 0.5) is 17.3 Å². The van der Waals surface area contributed by atoms with Gasteiger partial charge in [0.05, 0.1) is 68.0 Å². The number of aromatic amines is 1. The van der Waals surface area contributed by atoms with E-state index in [0.717, 1.165) is 52.1 Å². The van der Waals surface area contributed by atoms with Crippen molar-refractivity contribution < 1.29 is 52.2 Å². The highest BCUT2D eigenvalue weighted by molar-refractivity contribution is 6.14. The van der Waals surface area contributed by atoms with Crippen LogP contribution in [0, 0.1) is 13.8 Å². The lowest BCUT2D eigenvalue weighted by atomic mass is 10.0. The van der Waals surface area contributed by atoms with Crippen LogP contribution in [0.15, 0.2) is 40.9 Å². The van der Waals surface area contributed by atoms with Gasteiger partial charge in [-0.25, -0.2) is 14.6 Å². The summed E-state index contributed by atoms with van der Waals surface area (Å²) in [5.74, 6) is 0.571. The molecule has 1 aliphatic heterocycles. The largest absolute Gasteiger partial charge is 0.496 e. The lowest BCUT2D eigenvalue weighted by Gasteiger charge is -2.30. The van der Waals surface area contributed by atoms with Crippen LogP contribution in [0.25, 0.3) is 33.1 Å². The average molecular weight is 1020 g/mol. The Bertz CT molecular complexity index is 3010. The Morgan fingerprint density at radius 1 is 0.946 bits per heavy atom. The predicted molar refractivity (Wildman–Crippen MR) is 272 cm³/mol. The van der Waals surface area contributed by atoms with Gasteiger partial charge in [-0.3, -0.25) is 34.1 Å². The third kappa shape index (κ3) is 12.3. The van der Waals surface area contributed by atoms with Crippen molar-refractivity contribution in [3.05, 3.63) is 70.5 Å².